The van der Waals surface area contributed by atoms with E-state index in [-0.39, 0.29) is 17.0 Å². The Morgan fingerprint density at radius 1 is 1.17 bits per heavy atom. The van der Waals surface area contributed by atoms with E-state index in [0.717, 1.165) is 44.1 Å². The normalized spacial score (nSPS) is 31.5. The number of nitrogens with one attached hydrogen (secondary N) is 1. The SMILES string of the molecule is [2H]C([2H])([2H])Oc1cccc(C23CCC(NC(=O)OC(C)(C)C)(CC2)CC3)c1. The molecule has 24 heavy (non-hydrogen) atoms. The Kier molecular flexibility index (Phi) is 3.38. The van der Waals surface area contributed by atoms with Crippen molar-refractivity contribution in [3.63, 3.8) is 0 Å². The van der Waals surface area contributed by atoms with Crippen molar-refractivity contribution in [2.45, 2.75) is 75.9 Å². The molecule has 4 heteroatoms. The minimum absolute atomic E-state index is 0.0332. The van der Waals surface area contributed by atoms with Crippen LogP contribution in [-0.4, -0.2) is 24.3 Å². The smallest absolute Gasteiger partial charge is 0.408 e. The maximum absolute atomic E-state index is 12.2. The van der Waals surface area contributed by atoms with E-state index >= 15 is 0 Å². The van der Waals surface area contributed by atoms with Gasteiger partial charge < -0.3 is 14.8 Å². The molecule has 0 radical (unpaired) electrons. The largest absolute Gasteiger partial charge is 0.497 e. The number of methoxy groups -OCH3 is 1. The van der Waals surface area contributed by atoms with Crippen LogP contribution in [0.15, 0.2) is 24.3 Å². The molecule has 1 N–H and O–H groups in total. The van der Waals surface area contributed by atoms with E-state index < -0.39 is 12.6 Å². The molecule has 0 atom stereocenters. The van der Waals surface area contributed by atoms with Crippen LogP contribution in [0.2, 0.25) is 0 Å². The number of carbonyl (C=O) groups excluding carboxylic acids is 1. The van der Waals surface area contributed by atoms with E-state index in [9.17, 15) is 4.79 Å². The lowest BCUT2D eigenvalue weighted by atomic mass is 9.55. The second-order valence-corrected chi connectivity index (χ2v) is 8.32. The summed E-state index contributed by atoms with van der Waals surface area (Å²) in [5, 5.41) is 3.13. The van der Waals surface area contributed by atoms with Gasteiger partial charge in [0, 0.05) is 5.54 Å². The summed E-state index contributed by atoms with van der Waals surface area (Å²) in [4.78, 5) is 12.2. The molecule has 4 rings (SSSR count). The standard InChI is InChI=1S/C20H29NO3/c1-18(2,3)24-17(22)21-20-11-8-19(9-12-20,10-13-20)15-6-5-7-16(14-15)23-4/h5-7,14H,8-13H2,1-4H3,(H,21,22)/i4D3. The molecule has 0 heterocycles. The van der Waals surface area contributed by atoms with Crippen LogP contribution >= 0.6 is 0 Å². The highest BCUT2D eigenvalue weighted by atomic mass is 16.6. The number of hydrogen-bond donors (Lipinski definition) is 1. The van der Waals surface area contributed by atoms with Gasteiger partial charge in [0.1, 0.15) is 11.4 Å². The minimum atomic E-state index is -2.44. The molecule has 132 valence electrons. The zero-order valence-electron chi connectivity index (χ0n) is 17.8. The van der Waals surface area contributed by atoms with Gasteiger partial charge in [0.15, 0.2) is 0 Å². The van der Waals surface area contributed by atoms with Gasteiger partial charge >= 0.3 is 6.09 Å². The molecule has 4 nitrogen and oxygen atoms in total. The highest BCUT2D eigenvalue weighted by Gasteiger charge is 2.50. The third kappa shape index (κ3) is 3.38. The van der Waals surface area contributed by atoms with Crippen LogP contribution < -0.4 is 10.1 Å². The third-order valence-electron chi connectivity index (χ3n) is 5.58. The van der Waals surface area contributed by atoms with Gasteiger partial charge in [0.05, 0.1) is 11.2 Å². The Morgan fingerprint density at radius 2 is 1.83 bits per heavy atom. The van der Waals surface area contributed by atoms with Crippen molar-refractivity contribution < 1.29 is 18.4 Å². The molecule has 1 aromatic rings. The Labute approximate surface area is 149 Å². The molecule has 3 saturated carbocycles. The van der Waals surface area contributed by atoms with Crippen LogP contribution in [0.4, 0.5) is 4.79 Å². The second kappa shape index (κ2) is 5.98. The maximum Gasteiger partial charge on any atom is 0.408 e. The van der Waals surface area contributed by atoms with Gasteiger partial charge in [-0.3, -0.25) is 0 Å². The summed E-state index contributed by atoms with van der Waals surface area (Å²) >= 11 is 0. The summed E-state index contributed by atoms with van der Waals surface area (Å²) in [5.41, 5.74) is 0.481. The lowest BCUT2D eigenvalue weighted by Gasteiger charge is -2.53. The molecule has 0 unspecified atom stereocenters. The van der Waals surface area contributed by atoms with E-state index in [1.165, 1.54) is 0 Å². The Balaban J connectivity index is 1.69. The molecule has 0 spiro atoms. The first-order valence-electron chi connectivity index (χ1n) is 10.2. The number of rotatable bonds is 3. The molecular weight excluding hydrogens is 302 g/mol. The van der Waals surface area contributed by atoms with Crippen LogP contribution in [0.5, 0.6) is 5.75 Å². The van der Waals surface area contributed by atoms with Crippen LogP contribution in [0, 0.1) is 0 Å². The van der Waals surface area contributed by atoms with Gasteiger partial charge in [-0.2, -0.15) is 0 Å². The molecule has 0 saturated heterocycles. The fourth-order valence-corrected chi connectivity index (χ4v) is 4.22. The number of benzene rings is 1. The predicted molar refractivity (Wildman–Crippen MR) is 94.5 cm³/mol. The summed E-state index contributed by atoms with van der Waals surface area (Å²) in [6.45, 7) is 5.60. The van der Waals surface area contributed by atoms with E-state index in [1.54, 1.807) is 6.07 Å². The van der Waals surface area contributed by atoms with Crippen molar-refractivity contribution >= 4 is 6.09 Å². The van der Waals surface area contributed by atoms with Gasteiger partial charge in [0.2, 0.25) is 0 Å². The summed E-state index contributed by atoms with van der Waals surface area (Å²) in [7, 11) is -2.44. The molecule has 3 fully saturated rings. The fraction of sp³-hybridized carbons (Fsp3) is 0.650. The molecule has 2 bridgehead atoms. The van der Waals surface area contributed by atoms with Crippen molar-refractivity contribution in [1.29, 1.82) is 0 Å². The number of hydrogen-bond acceptors (Lipinski definition) is 3. The minimum Gasteiger partial charge on any atom is -0.497 e. The molecule has 3 aliphatic carbocycles. The average Bonchev–Trinajstić information content (AvgIpc) is 2.53. The molecule has 1 aromatic carbocycles. The first kappa shape index (κ1) is 13.6. The zero-order chi connectivity index (χ0) is 19.9. The topological polar surface area (TPSA) is 47.6 Å². The second-order valence-electron chi connectivity index (χ2n) is 8.32. The summed E-state index contributed by atoms with van der Waals surface area (Å²) in [5.74, 6) is 0.385. The van der Waals surface area contributed by atoms with Crippen LogP contribution in [-0.2, 0) is 10.2 Å². The van der Waals surface area contributed by atoms with E-state index in [0.29, 0.717) is 5.75 Å². The zero-order valence-corrected chi connectivity index (χ0v) is 14.8. The lowest BCUT2D eigenvalue weighted by molar-refractivity contribution is 0.0259. The fourth-order valence-electron chi connectivity index (χ4n) is 4.22. The lowest BCUT2D eigenvalue weighted by Crippen LogP contribution is -2.58. The Bertz CT molecular complexity index is 685. The predicted octanol–water partition coefficient (Wildman–Crippen LogP) is 4.56. The monoisotopic (exact) mass is 334 g/mol. The Hall–Kier alpha value is -1.71. The van der Waals surface area contributed by atoms with Gasteiger partial charge in [-0.15, -0.1) is 0 Å². The molecule has 0 aliphatic heterocycles. The summed E-state index contributed by atoms with van der Waals surface area (Å²) in [6.07, 6.45) is 5.23. The van der Waals surface area contributed by atoms with Crippen LogP contribution in [0.3, 0.4) is 0 Å². The molecule has 3 aliphatic rings. The van der Waals surface area contributed by atoms with E-state index in [1.807, 2.05) is 32.9 Å². The van der Waals surface area contributed by atoms with Crippen molar-refractivity contribution in [2.75, 3.05) is 7.04 Å². The van der Waals surface area contributed by atoms with Crippen molar-refractivity contribution in [3.05, 3.63) is 29.8 Å². The first-order valence-corrected chi connectivity index (χ1v) is 8.71. The number of alkyl carbamates (subject to hydrolysis) is 1. The van der Waals surface area contributed by atoms with Gasteiger partial charge in [-0.25, -0.2) is 4.79 Å². The Morgan fingerprint density at radius 3 is 2.42 bits per heavy atom. The van der Waals surface area contributed by atoms with Gasteiger partial charge in [-0.1, -0.05) is 12.1 Å². The van der Waals surface area contributed by atoms with E-state index in [4.69, 9.17) is 13.6 Å². The highest BCUT2D eigenvalue weighted by Crippen LogP contribution is 2.53. The van der Waals surface area contributed by atoms with Crippen molar-refractivity contribution in [3.8, 4) is 5.75 Å². The van der Waals surface area contributed by atoms with Crippen LogP contribution in [0.1, 0.15) is 69.0 Å². The number of fused-ring (bicyclic) bond motifs is 3. The molecule has 1 amide bonds. The first-order chi connectivity index (χ1) is 12.4. The third-order valence-corrected chi connectivity index (χ3v) is 5.58. The maximum atomic E-state index is 12.2. The number of ether oxygens (including phenoxy) is 2. The van der Waals surface area contributed by atoms with Crippen LogP contribution in [0.25, 0.3) is 0 Å². The highest BCUT2D eigenvalue weighted by molar-refractivity contribution is 5.69. The summed E-state index contributed by atoms with van der Waals surface area (Å²) in [6, 6.07) is 7.48. The summed E-state index contributed by atoms with van der Waals surface area (Å²) < 4.78 is 32.4. The quantitative estimate of drug-likeness (QED) is 0.881. The average molecular weight is 334 g/mol. The van der Waals surface area contributed by atoms with Crippen molar-refractivity contribution in [2.24, 2.45) is 0 Å². The molecule has 0 aromatic heterocycles. The number of carbonyl (C=O) groups is 1. The number of amides is 1. The van der Waals surface area contributed by atoms with Crippen molar-refractivity contribution in [1.82, 2.24) is 5.32 Å². The molecular formula is C20H29NO3. The van der Waals surface area contributed by atoms with E-state index in [2.05, 4.69) is 11.4 Å². The van der Waals surface area contributed by atoms with Gasteiger partial charge in [-0.05, 0) is 82.4 Å². The van der Waals surface area contributed by atoms with Gasteiger partial charge in [0.25, 0.3) is 0 Å².